The number of benzene rings is 3. The Morgan fingerprint density at radius 2 is 1.38 bits per heavy atom. The van der Waals surface area contributed by atoms with Crippen molar-refractivity contribution in [3.63, 3.8) is 0 Å². The van der Waals surface area contributed by atoms with Crippen LogP contribution in [0.5, 0.6) is 0 Å². The minimum absolute atomic E-state index is 0.122. The highest BCUT2D eigenvalue weighted by molar-refractivity contribution is 6.36. The molecule has 0 aliphatic heterocycles. The molecule has 174 valence electrons. The minimum atomic E-state index is -0.351. The summed E-state index contributed by atoms with van der Waals surface area (Å²) in [5, 5.41) is 1.70. The molecule has 4 aromatic rings. The maximum absolute atomic E-state index is 13.9. The van der Waals surface area contributed by atoms with Gasteiger partial charge in [0.25, 0.3) is 5.56 Å². The van der Waals surface area contributed by atoms with Crippen LogP contribution in [0.2, 0.25) is 15.1 Å². The third-order valence-corrected chi connectivity index (χ3v) is 7.33. The van der Waals surface area contributed by atoms with Crippen molar-refractivity contribution in [2.24, 2.45) is 5.73 Å². The van der Waals surface area contributed by atoms with Crippen molar-refractivity contribution in [2.75, 3.05) is 0 Å². The smallest absolute Gasteiger partial charge is 0.259 e. The first kappa shape index (κ1) is 24.6. The Morgan fingerprint density at radius 3 is 2.03 bits per heavy atom. The third kappa shape index (κ3) is 4.80. The van der Waals surface area contributed by atoms with Crippen LogP contribution in [0, 0.1) is 13.8 Å². The summed E-state index contributed by atoms with van der Waals surface area (Å²) in [4.78, 5) is 13.9. The van der Waals surface area contributed by atoms with E-state index in [9.17, 15) is 4.79 Å². The van der Waals surface area contributed by atoms with Crippen LogP contribution in [0.1, 0.15) is 34.0 Å². The summed E-state index contributed by atoms with van der Waals surface area (Å²) in [5.41, 5.74) is 12.1. The van der Waals surface area contributed by atoms with Crippen molar-refractivity contribution in [1.29, 1.82) is 0 Å². The molecule has 0 aliphatic rings. The van der Waals surface area contributed by atoms with E-state index in [1.165, 1.54) is 0 Å². The summed E-state index contributed by atoms with van der Waals surface area (Å²) >= 11 is 19.6. The number of hydrogen-bond donors (Lipinski definition) is 1. The molecule has 0 fully saturated rings. The fourth-order valence-corrected chi connectivity index (χ4v) is 5.14. The predicted molar refractivity (Wildman–Crippen MR) is 143 cm³/mol. The summed E-state index contributed by atoms with van der Waals surface area (Å²) in [6.45, 7) is 4.23. The van der Waals surface area contributed by atoms with Crippen molar-refractivity contribution in [1.82, 2.24) is 4.57 Å². The second-order valence-electron chi connectivity index (χ2n) is 8.35. The fraction of sp³-hybridized carbons (Fsp3) is 0.179. The lowest BCUT2D eigenvalue weighted by Gasteiger charge is -2.23. The molecule has 0 saturated heterocycles. The average Bonchev–Trinajstić information content (AvgIpc) is 2.83. The van der Waals surface area contributed by atoms with Crippen LogP contribution in [0.15, 0.2) is 77.6 Å². The van der Waals surface area contributed by atoms with Crippen LogP contribution in [0.4, 0.5) is 0 Å². The van der Waals surface area contributed by atoms with Crippen LogP contribution in [0.25, 0.3) is 11.1 Å². The number of pyridine rings is 1. The van der Waals surface area contributed by atoms with E-state index in [0.29, 0.717) is 39.2 Å². The first-order chi connectivity index (χ1) is 16.3. The summed E-state index contributed by atoms with van der Waals surface area (Å²) < 4.78 is 1.75. The van der Waals surface area contributed by atoms with E-state index in [-0.39, 0.29) is 11.6 Å². The van der Waals surface area contributed by atoms with Gasteiger partial charge in [0.1, 0.15) is 0 Å². The van der Waals surface area contributed by atoms with Crippen LogP contribution in [-0.4, -0.2) is 4.57 Å². The molecular weight excluding hydrogens is 487 g/mol. The number of halogens is 3. The Labute approximate surface area is 214 Å². The van der Waals surface area contributed by atoms with Gasteiger partial charge in [-0.3, -0.25) is 4.79 Å². The van der Waals surface area contributed by atoms with Gasteiger partial charge in [-0.2, -0.15) is 0 Å². The van der Waals surface area contributed by atoms with E-state index < -0.39 is 0 Å². The highest BCUT2D eigenvalue weighted by Gasteiger charge is 2.22. The number of hydrogen-bond acceptors (Lipinski definition) is 2. The van der Waals surface area contributed by atoms with E-state index in [2.05, 4.69) is 0 Å². The van der Waals surface area contributed by atoms with Crippen molar-refractivity contribution in [2.45, 2.75) is 32.9 Å². The van der Waals surface area contributed by atoms with E-state index in [1.807, 2.05) is 80.6 Å². The van der Waals surface area contributed by atoms with Gasteiger partial charge in [-0.1, -0.05) is 89.4 Å². The molecule has 0 aliphatic carbocycles. The average molecular weight is 512 g/mol. The zero-order chi connectivity index (χ0) is 24.4. The lowest BCUT2D eigenvalue weighted by molar-refractivity contribution is 0.548. The zero-order valence-electron chi connectivity index (χ0n) is 19.0. The SMILES string of the molecule is Cc1c(Cc2c(Cl)cccc2Cl)c(C)n(CC(N)c2ccccc2)c(=O)c1-c1ccccc1Cl. The zero-order valence-corrected chi connectivity index (χ0v) is 21.3. The Kier molecular flexibility index (Phi) is 7.49. The van der Waals surface area contributed by atoms with E-state index in [0.717, 1.165) is 27.9 Å². The molecule has 0 spiro atoms. The molecule has 34 heavy (non-hydrogen) atoms. The van der Waals surface area contributed by atoms with E-state index in [1.54, 1.807) is 10.6 Å². The van der Waals surface area contributed by atoms with Gasteiger partial charge in [-0.25, -0.2) is 0 Å². The molecule has 4 rings (SSSR count). The Morgan fingerprint density at radius 1 is 0.794 bits per heavy atom. The second-order valence-corrected chi connectivity index (χ2v) is 9.58. The second kappa shape index (κ2) is 10.4. The van der Waals surface area contributed by atoms with Gasteiger partial charge in [-0.15, -0.1) is 0 Å². The van der Waals surface area contributed by atoms with Crippen molar-refractivity contribution >= 4 is 34.8 Å². The lowest BCUT2D eigenvalue weighted by atomic mass is 9.92. The lowest BCUT2D eigenvalue weighted by Crippen LogP contribution is -2.31. The van der Waals surface area contributed by atoms with E-state index in [4.69, 9.17) is 40.5 Å². The summed E-state index contributed by atoms with van der Waals surface area (Å²) in [5.74, 6) is 0. The summed E-state index contributed by atoms with van der Waals surface area (Å²) in [6, 6.07) is 22.3. The standard InChI is InChI=1S/C28H25Cl3N2O/c1-17-21(15-22-24(30)13-8-14-25(22)31)18(2)33(16-26(32)19-9-4-3-5-10-19)28(34)27(17)20-11-6-7-12-23(20)29/h3-14,26H,15-16,32H2,1-2H3. The molecule has 6 heteroatoms. The number of rotatable bonds is 6. The molecule has 0 saturated carbocycles. The quantitative estimate of drug-likeness (QED) is 0.293. The van der Waals surface area contributed by atoms with Gasteiger partial charge < -0.3 is 10.3 Å². The molecule has 0 radical (unpaired) electrons. The fourth-order valence-electron chi connectivity index (χ4n) is 4.37. The summed E-state index contributed by atoms with van der Waals surface area (Å²) in [7, 11) is 0. The van der Waals surface area contributed by atoms with Crippen molar-refractivity contribution < 1.29 is 0 Å². The molecule has 0 amide bonds. The highest BCUT2D eigenvalue weighted by Crippen LogP contribution is 2.34. The molecule has 1 atom stereocenters. The van der Waals surface area contributed by atoms with Crippen LogP contribution in [0.3, 0.4) is 0 Å². The van der Waals surface area contributed by atoms with Gasteiger partial charge in [0.05, 0.1) is 5.56 Å². The molecule has 1 heterocycles. The minimum Gasteiger partial charge on any atom is -0.322 e. The Bertz CT molecular complexity index is 1380. The first-order valence-electron chi connectivity index (χ1n) is 11.0. The van der Waals surface area contributed by atoms with Gasteiger partial charge in [-0.05, 0) is 54.3 Å². The Balaban J connectivity index is 1.94. The number of aromatic nitrogens is 1. The molecule has 3 nitrogen and oxygen atoms in total. The Hall–Kier alpha value is -2.56. The monoisotopic (exact) mass is 510 g/mol. The van der Waals surface area contributed by atoms with Crippen LogP contribution in [-0.2, 0) is 13.0 Å². The maximum Gasteiger partial charge on any atom is 0.259 e. The number of nitrogens with two attached hydrogens (primary N) is 1. The molecule has 1 aromatic heterocycles. The first-order valence-corrected chi connectivity index (χ1v) is 12.1. The normalized spacial score (nSPS) is 12.1. The maximum atomic E-state index is 13.9. The van der Waals surface area contributed by atoms with Crippen LogP contribution >= 0.6 is 34.8 Å². The topological polar surface area (TPSA) is 48.0 Å². The van der Waals surface area contributed by atoms with Crippen molar-refractivity contribution in [3.8, 4) is 11.1 Å². The van der Waals surface area contributed by atoms with Gasteiger partial charge in [0, 0.05) is 45.3 Å². The number of nitrogens with zero attached hydrogens (tertiary/aromatic N) is 1. The van der Waals surface area contributed by atoms with Gasteiger partial charge >= 0.3 is 0 Å². The predicted octanol–water partition coefficient (Wildman–Crippen LogP) is 7.38. The molecular formula is C28H25Cl3N2O. The van der Waals surface area contributed by atoms with Crippen molar-refractivity contribution in [3.05, 3.63) is 126 Å². The molecule has 0 bridgehead atoms. The van der Waals surface area contributed by atoms with E-state index >= 15 is 0 Å². The van der Waals surface area contributed by atoms with Gasteiger partial charge in [0.2, 0.25) is 0 Å². The largest absolute Gasteiger partial charge is 0.322 e. The molecule has 2 N–H and O–H groups in total. The third-order valence-electron chi connectivity index (χ3n) is 6.29. The molecule has 1 unspecified atom stereocenters. The van der Waals surface area contributed by atoms with Gasteiger partial charge in [0.15, 0.2) is 0 Å². The van der Waals surface area contributed by atoms with Crippen LogP contribution < -0.4 is 11.3 Å². The summed E-state index contributed by atoms with van der Waals surface area (Å²) in [6.07, 6.45) is 0.481. The highest BCUT2D eigenvalue weighted by atomic mass is 35.5. The molecule has 3 aromatic carbocycles.